The second-order valence-electron chi connectivity index (χ2n) is 5.92. The van der Waals surface area contributed by atoms with E-state index in [1.807, 2.05) is 30.3 Å². The van der Waals surface area contributed by atoms with Crippen LogP contribution >= 0.6 is 0 Å². The van der Waals surface area contributed by atoms with Gasteiger partial charge in [0.05, 0.1) is 18.2 Å². The summed E-state index contributed by atoms with van der Waals surface area (Å²) >= 11 is 0. The molecule has 1 aliphatic rings. The van der Waals surface area contributed by atoms with Gasteiger partial charge < -0.3 is 10.0 Å². The Balaban J connectivity index is 2.13. The zero-order valence-electron chi connectivity index (χ0n) is 13.8. The number of nitrogens with zero attached hydrogens (tertiary/aromatic N) is 2. The van der Waals surface area contributed by atoms with Gasteiger partial charge in [0.2, 0.25) is 15.9 Å². The summed E-state index contributed by atoms with van der Waals surface area (Å²) in [7, 11) is -2.09. The van der Waals surface area contributed by atoms with Gasteiger partial charge >= 0.3 is 5.97 Å². The third-order valence-corrected chi connectivity index (χ3v) is 6.22. The van der Waals surface area contributed by atoms with E-state index in [1.54, 1.807) is 0 Å². The first-order chi connectivity index (χ1) is 11.3. The summed E-state index contributed by atoms with van der Waals surface area (Å²) in [5.41, 5.74) is 0.870. The minimum Gasteiger partial charge on any atom is -0.481 e. The van der Waals surface area contributed by atoms with Crippen molar-refractivity contribution >= 4 is 21.9 Å². The molecule has 1 aliphatic heterocycles. The van der Waals surface area contributed by atoms with Crippen molar-refractivity contribution in [2.45, 2.75) is 12.8 Å². The third kappa shape index (κ3) is 3.93. The minimum atomic E-state index is -3.45. The van der Waals surface area contributed by atoms with E-state index in [4.69, 9.17) is 0 Å². The lowest BCUT2D eigenvalue weighted by Gasteiger charge is -2.21. The minimum absolute atomic E-state index is 0.0822. The van der Waals surface area contributed by atoms with Crippen LogP contribution in [0.25, 0.3) is 0 Å². The van der Waals surface area contributed by atoms with Crippen LogP contribution in [-0.2, 0) is 19.6 Å². The molecule has 24 heavy (non-hydrogen) atoms. The molecule has 1 fully saturated rings. The van der Waals surface area contributed by atoms with Crippen LogP contribution in [0.1, 0.15) is 18.4 Å². The number of benzene rings is 1. The number of carboxylic acids is 1. The SMILES string of the molecule is CCS(=O)(=O)N(C)CC(=O)N1CC(C(=O)O)C(c2ccccc2)C1. The van der Waals surface area contributed by atoms with Gasteiger partial charge in [0.1, 0.15) is 0 Å². The molecule has 0 spiro atoms. The average molecular weight is 354 g/mol. The Bertz CT molecular complexity index is 704. The molecular weight excluding hydrogens is 332 g/mol. The Morgan fingerprint density at radius 1 is 1.25 bits per heavy atom. The summed E-state index contributed by atoms with van der Waals surface area (Å²) in [6.07, 6.45) is 0. The number of carbonyl (C=O) groups excluding carboxylic acids is 1. The number of likely N-dealkylation sites (N-methyl/N-ethyl adjacent to an activating group) is 1. The van der Waals surface area contributed by atoms with Crippen molar-refractivity contribution in [3.05, 3.63) is 35.9 Å². The highest BCUT2D eigenvalue weighted by Gasteiger charge is 2.40. The van der Waals surface area contributed by atoms with E-state index < -0.39 is 21.9 Å². The van der Waals surface area contributed by atoms with Gasteiger partial charge in [-0.25, -0.2) is 8.42 Å². The van der Waals surface area contributed by atoms with Crippen LogP contribution < -0.4 is 0 Å². The van der Waals surface area contributed by atoms with Gasteiger partial charge in [0.25, 0.3) is 0 Å². The summed E-state index contributed by atoms with van der Waals surface area (Å²) in [6, 6.07) is 9.22. The van der Waals surface area contributed by atoms with Crippen LogP contribution in [0.15, 0.2) is 30.3 Å². The maximum atomic E-state index is 12.4. The molecule has 1 aromatic rings. The Labute approximate surface area is 141 Å². The number of aliphatic carboxylic acids is 1. The highest BCUT2D eigenvalue weighted by molar-refractivity contribution is 7.89. The summed E-state index contributed by atoms with van der Waals surface area (Å²) in [6.45, 7) is 1.61. The predicted molar refractivity (Wildman–Crippen MR) is 89.0 cm³/mol. The first-order valence-corrected chi connectivity index (χ1v) is 9.36. The van der Waals surface area contributed by atoms with Crippen molar-refractivity contribution in [2.75, 3.05) is 32.4 Å². The lowest BCUT2D eigenvalue weighted by Crippen LogP contribution is -2.41. The fraction of sp³-hybridized carbons (Fsp3) is 0.500. The topological polar surface area (TPSA) is 95.0 Å². The first kappa shape index (κ1) is 18.4. The highest BCUT2D eigenvalue weighted by Crippen LogP contribution is 2.33. The lowest BCUT2D eigenvalue weighted by molar-refractivity contribution is -0.141. The Morgan fingerprint density at radius 2 is 1.88 bits per heavy atom. The smallest absolute Gasteiger partial charge is 0.308 e. The zero-order chi connectivity index (χ0) is 17.9. The van der Waals surface area contributed by atoms with E-state index in [2.05, 4.69) is 0 Å². The number of rotatable bonds is 6. The van der Waals surface area contributed by atoms with Crippen molar-refractivity contribution in [1.82, 2.24) is 9.21 Å². The van der Waals surface area contributed by atoms with Crippen LogP contribution in [0.4, 0.5) is 0 Å². The van der Waals surface area contributed by atoms with Crippen LogP contribution in [0.3, 0.4) is 0 Å². The van der Waals surface area contributed by atoms with Gasteiger partial charge in [0.15, 0.2) is 0 Å². The van der Waals surface area contributed by atoms with E-state index >= 15 is 0 Å². The first-order valence-electron chi connectivity index (χ1n) is 7.75. The van der Waals surface area contributed by atoms with Gasteiger partial charge in [-0.2, -0.15) is 4.31 Å². The van der Waals surface area contributed by atoms with Crippen LogP contribution in [0, 0.1) is 5.92 Å². The molecule has 0 radical (unpaired) electrons. The molecule has 7 nitrogen and oxygen atoms in total. The van der Waals surface area contributed by atoms with E-state index in [1.165, 1.54) is 18.9 Å². The number of sulfonamides is 1. The second kappa shape index (κ2) is 7.31. The Morgan fingerprint density at radius 3 is 2.42 bits per heavy atom. The van der Waals surface area contributed by atoms with Crippen LogP contribution in [0.2, 0.25) is 0 Å². The molecule has 0 aliphatic carbocycles. The molecule has 1 saturated heterocycles. The number of carboxylic acid groups (broad SMARTS) is 1. The number of hydrogen-bond acceptors (Lipinski definition) is 4. The molecule has 2 atom stereocenters. The molecule has 132 valence electrons. The van der Waals surface area contributed by atoms with Crippen molar-refractivity contribution < 1.29 is 23.1 Å². The maximum Gasteiger partial charge on any atom is 0.308 e. The quantitative estimate of drug-likeness (QED) is 0.807. The molecule has 0 aromatic heterocycles. The van der Waals surface area contributed by atoms with Crippen LogP contribution in [-0.4, -0.2) is 67.0 Å². The van der Waals surface area contributed by atoms with Gasteiger partial charge in [-0.3, -0.25) is 9.59 Å². The fourth-order valence-corrected chi connectivity index (χ4v) is 3.65. The normalized spacial score (nSPS) is 21.2. The molecule has 1 N–H and O–H groups in total. The molecule has 1 amide bonds. The molecule has 2 rings (SSSR count). The summed E-state index contributed by atoms with van der Waals surface area (Å²) in [4.78, 5) is 25.4. The van der Waals surface area contributed by atoms with Crippen LogP contribution in [0.5, 0.6) is 0 Å². The number of amides is 1. The summed E-state index contributed by atoms with van der Waals surface area (Å²) in [5.74, 6) is -2.39. The third-order valence-electron chi connectivity index (χ3n) is 4.42. The van der Waals surface area contributed by atoms with E-state index in [9.17, 15) is 23.1 Å². The predicted octanol–water partition coefficient (Wildman–Crippen LogP) is 0.595. The zero-order valence-corrected chi connectivity index (χ0v) is 14.6. The fourth-order valence-electron chi connectivity index (χ4n) is 2.90. The summed E-state index contributed by atoms with van der Waals surface area (Å²) in [5, 5.41) is 9.45. The number of likely N-dealkylation sites (tertiary alicyclic amines) is 1. The molecule has 2 unspecified atom stereocenters. The Kier molecular flexibility index (Phi) is 5.61. The van der Waals surface area contributed by atoms with Gasteiger partial charge in [0, 0.05) is 26.1 Å². The second-order valence-corrected chi connectivity index (χ2v) is 8.28. The monoisotopic (exact) mass is 354 g/mol. The Hall–Kier alpha value is -1.93. The lowest BCUT2D eigenvalue weighted by atomic mass is 9.89. The van der Waals surface area contributed by atoms with Gasteiger partial charge in [-0.1, -0.05) is 30.3 Å². The van der Waals surface area contributed by atoms with E-state index in [0.29, 0.717) is 0 Å². The van der Waals surface area contributed by atoms with Crippen molar-refractivity contribution in [3.8, 4) is 0 Å². The molecular formula is C16H22N2O5S. The van der Waals surface area contributed by atoms with Gasteiger partial charge in [-0.15, -0.1) is 0 Å². The molecule has 8 heteroatoms. The van der Waals surface area contributed by atoms with E-state index in [-0.39, 0.29) is 37.2 Å². The molecule has 0 saturated carbocycles. The van der Waals surface area contributed by atoms with E-state index in [0.717, 1.165) is 9.87 Å². The largest absolute Gasteiger partial charge is 0.481 e. The van der Waals surface area contributed by atoms with Crippen molar-refractivity contribution in [2.24, 2.45) is 5.92 Å². The maximum absolute atomic E-state index is 12.4. The summed E-state index contributed by atoms with van der Waals surface area (Å²) < 4.78 is 24.6. The standard InChI is InChI=1S/C16H22N2O5S/c1-3-24(22,23)17(2)11-15(19)18-9-13(14(10-18)16(20)21)12-7-5-4-6-8-12/h4-8,13-14H,3,9-11H2,1-2H3,(H,20,21). The van der Waals surface area contributed by atoms with Crippen molar-refractivity contribution in [3.63, 3.8) is 0 Å². The molecule has 1 heterocycles. The van der Waals surface area contributed by atoms with Crippen molar-refractivity contribution in [1.29, 1.82) is 0 Å². The highest BCUT2D eigenvalue weighted by atomic mass is 32.2. The molecule has 0 bridgehead atoms. The van der Waals surface area contributed by atoms with Gasteiger partial charge in [-0.05, 0) is 12.5 Å². The average Bonchev–Trinajstić information content (AvgIpc) is 3.01. The number of hydrogen-bond donors (Lipinski definition) is 1. The number of carbonyl (C=O) groups is 2. The molecule has 1 aromatic carbocycles.